The molecular weight excluding hydrogens is 420 g/mol. The Bertz CT molecular complexity index is 839. The number of carbonyl (C=O) groups excluding carboxylic acids is 2. The van der Waals surface area contributed by atoms with Crippen molar-refractivity contribution in [2.45, 2.75) is 44.2 Å². The van der Waals surface area contributed by atoms with Gasteiger partial charge in [-0.1, -0.05) is 18.4 Å². The number of hydrogen-bond acceptors (Lipinski definition) is 8. The fourth-order valence-corrected chi connectivity index (χ4v) is 5.31. The summed E-state index contributed by atoms with van der Waals surface area (Å²) in [5.74, 6) is 0. The van der Waals surface area contributed by atoms with Crippen molar-refractivity contribution in [2.24, 2.45) is 0 Å². The van der Waals surface area contributed by atoms with E-state index in [1.807, 2.05) is 20.8 Å². The standard InChI is InChI=1S/C16H28N6O5S2/c1-6-9-10-22(14-18-19-15(28-14)29(25,26)20(4)5)12(11-17-13(22)23)27-16(24)21(7-2)8-3/h12H,6-11H2,1-5H3/p+1. The zero-order valence-corrected chi connectivity index (χ0v) is 19.0. The maximum absolute atomic E-state index is 12.9. The third-order valence-electron chi connectivity index (χ3n) is 4.84. The first-order valence-corrected chi connectivity index (χ1v) is 11.8. The van der Waals surface area contributed by atoms with Crippen molar-refractivity contribution in [2.75, 3.05) is 40.3 Å². The van der Waals surface area contributed by atoms with Gasteiger partial charge in [-0.2, -0.15) is 0 Å². The molecule has 0 aliphatic carbocycles. The largest absolute Gasteiger partial charge is 0.427 e. The Kier molecular flexibility index (Phi) is 7.54. The first-order chi connectivity index (χ1) is 13.6. The molecule has 0 radical (unpaired) electrons. The highest BCUT2D eigenvalue weighted by atomic mass is 32.2. The van der Waals surface area contributed by atoms with Gasteiger partial charge in [0.1, 0.15) is 6.54 Å². The molecule has 11 nitrogen and oxygen atoms in total. The molecule has 1 aromatic rings. The number of amides is 3. The molecule has 2 atom stereocenters. The number of unbranched alkanes of at least 4 members (excludes halogenated alkanes) is 1. The zero-order valence-electron chi connectivity index (χ0n) is 17.4. The smallest absolute Gasteiger partial charge is 0.393 e. The van der Waals surface area contributed by atoms with E-state index in [1.165, 1.54) is 19.0 Å². The fraction of sp³-hybridized carbons (Fsp3) is 0.750. The predicted molar refractivity (Wildman–Crippen MR) is 109 cm³/mol. The van der Waals surface area contributed by atoms with Gasteiger partial charge in [0.05, 0.1) is 6.54 Å². The quantitative estimate of drug-likeness (QED) is 0.447. The highest BCUT2D eigenvalue weighted by molar-refractivity contribution is 7.91. The van der Waals surface area contributed by atoms with E-state index in [1.54, 1.807) is 0 Å². The van der Waals surface area contributed by atoms with Gasteiger partial charge in [-0.05, 0) is 31.6 Å². The number of ether oxygens (including phenoxy) is 1. The Hall–Kier alpha value is -1.83. The van der Waals surface area contributed by atoms with Crippen LogP contribution >= 0.6 is 11.3 Å². The van der Waals surface area contributed by atoms with E-state index in [0.717, 1.165) is 22.1 Å². The van der Waals surface area contributed by atoms with Crippen molar-refractivity contribution in [3.8, 4) is 0 Å². The number of nitrogens with one attached hydrogen (secondary N) is 1. The summed E-state index contributed by atoms with van der Waals surface area (Å²) in [5, 5.41) is 10.8. The van der Waals surface area contributed by atoms with Crippen LogP contribution in [0.4, 0.5) is 14.7 Å². The average Bonchev–Trinajstić information content (AvgIpc) is 3.28. The molecule has 1 N–H and O–H groups in total. The van der Waals surface area contributed by atoms with Gasteiger partial charge in [-0.3, -0.25) is 5.32 Å². The van der Waals surface area contributed by atoms with Crippen LogP contribution in [0.15, 0.2) is 4.34 Å². The van der Waals surface area contributed by atoms with Gasteiger partial charge in [-0.25, -0.2) is 22.3 Å². The number of urea groups is 1. The van der Waals surface area contributed by atoms with Gasteiger partial charge < -0.3 is 9.64 Å². The van der Waals surface area contributed by atoms with E-state index < -0.39 is 26.8 Å². The monoisotopic (exact) mass is 449 g/mol. The Morgan fingerprint density at radius 1 is 1.28 bits per heavy atom. The van der Waals surface area contributed by atoms with Gasteiger partial charge in [-0.15, -0.1) is 9.58 Å². The fourth-order valence-electron chi connectivity index (χ4n) is 2.99. The molecule has 1 aromatic heterocycles. The van der Waals surface area contributed by atoms with Crippen molar-refractivity contribution in [1.82, 2.24) is 29.2 Å². The molecule has 1 fully saturated rings. The molecule has 2 rings (SSSR count). The minimum atomic E-state index is -3.79. The lowest BCUT2D eigenvalue weighted by Crippen LogP contribution is -2.59. The molecule has 29 heavy (non-hydrogen) atoms. The summed E-state index contributed by atoms with van der Waals surface area (Å²) in [6.45, 7) is 7.03. The molecule has 2 unspecified atom stereocenters. The van der Waals surface area contributed by atoms with E-state index in [4.69, 9.17) is 4.74 Å². The molecule has 0 spiro atoms. The van der Waals surface area contributed by atoms with Gasteiger partial charge in [0.25, 0.3) is 20.6 Å². The number of sulfonamides is 1. The molecule has 164 valence electrons. The van der Waals surface area contributed by atoms with Gasteiger partial charge in [0.2, 0.25) is 0 Å². The van der Waals surface area contributed by atoms with Crippen molar-refractivity contribution < 1.29 is 22.7 Å². The Morgan fingerprint density at radius 3 is 2.48 bits per heavy atom. The second kappa shape index (κ2) is 9.32. The number of nitrogens with zero attached hydrogens (tertiary/aromatic N) is 5. The minimum absolute atomic E-state index is 0.116. The predicted octanol–water partition coefficient (Wildman–Crippen LogP) is 1.42. The van der Waals surface area contributed by atoms with Crippen LogP contribution in [0.2, 0.25) is 0 Å². The highest BCUT2D eigenvalue weighted by Gasteiger charge is 2.57. The topological polar surface area (TPSA) is 122 Å². The van der Waals surface area contributed by atoms with Crippen LogP contribution in [0, 0.1) is 0 Å². The lowest BCUT2D eigenvalue weighted by Gasteiger charge is -2.32. The molecule has 1 aliphatic heterocycles. The summed E-state index contributed by atoms with van der Waals surface area (Å²) >= 11 is 0.824. The molecule has 0 saturated carbocycles. The summed E-state index contributed by atoms with van der Waals surface area (Å²) in [7, 11) is -0.996. The van der Waals surface area contributed by atoms with Crippen LogP contribution in [0.5, 0.6) is 0 Å². The summed E-state index contributed by atoms with van der Waals surface area (Å²) in [6, 6.07) is -0.388. The second-order valence-corrected chi connectivity index (χ2v) is 10.1. The van der Waals surface area contributed by atoms with Crippen molar-refractivity contribution in [3.05, 3.63) is 0 Å². The summed E-state index contributed by atoms with van der Waals surface area (Å²) in [6.07, 6.45) is 0.0689. The number of hydrogen-bond donors (Lipinski definition) is 1. The van der Waals surface area contributed by atoms with Gasteiger partial charge in [0.15, 0.2) is 0 Å². The molecular formula is C16H29N6O5S2+. The third kappa shape index (κ3) is 4.37. The normalized spacial score (nSPS) is 22.0. The summed E-state index contributed by atoms with van der Waals surface area (Å²) in [4.78, 5) is 27.0. The molecule has 0 bridgehead atoms. The number of carbonyl (C=O) groups is 2. The number of quaternary nitrogens is 1. The van der Waals surface area contributed by atoms with Crippen molar-refractivity contribution in [3.63, 3.8) is 0 Å². The van der Waals surface area contributed by atoms with Crippen molar-refractivity contribution in [1.29, 1.82) is 0 Å². The van der Waals surface area contributed by atoms with E-state index in [0.29, 0.717) is 26.1 Å². The maximum Gasteiger partial charge on any atom is 0.427 e. The minimum Gasteiger partial charge on any atom is -0.393 e. The number of aromatic nitrogens is 2. The van der Waals surface area contributed by atoms with Crippen LogP contribution in [0.1, 0.15) is 33.6 Å². The molecule has 2 heterocycles. The second-order valence-electron chi connectivity index (χ2n) is 6.78. The Morgan fingerprint density at radius 2 is 1.93 bits per heavy atom. The highest BCUT2D eigenvalue weighted by Crippen LogP contribution is 2.36. The summed E-state index contributed by atoms with van der Waals surface area (Å²) in [5.41, 5.74) is 0. The van der Waals surface area contributed by atoms with E-state index in [2.05, 4.69) is 15.5 Å². The zero-order chi connectivity index (χ0) is 21.8. The first-order valence-electron chi connectivity index (χ1n) is 9.53. The average molecular weight is 450 g/mol. The number of rotatable bonds is 9. The molecule has 1 aliphatic rings. The van der Waals surface area contributed by atoms with Crippen LogP contribution in [-0.2, 0) is 14.8 Å². The molecule has 1 saturated heterocycles. The Balaban J connectivity index is 2.47. The molecule has 3 amide bonds. The van der Waals surface area contributed by atoms with E-state index in [-0.39, 0.29) is 22.0 Å². The van der Waals surface area contributed by atoms with Crippen LogP contribution in [0.25, 0.3) is 0 Å². The first kappa shape index (κ1) is 23.4. The van der Waals surface area contributed by atoms with E-state index >= 15 is 0 Å². The van der Waals surface area contributed by atoms with Crippen molar-refractivity contribution >= 4 is 38.6 Å². The van der Waals surface area contributed by atoms with Gasteiger partial charge >= 0.3 is 17.3 Å². The SMILES string of the molecule is CCCC[N+]1(c2nnc(S(=O)(=O)N(C)C)s2)C(=O)NCC1OC(=O)N(CC)CC. The lowest BCUT2D eigenvalue weighted by atomic mass is 10.3. The molecule has 13 heteroatoms. The van der Waals surface area contributed by atoms with E-state index in [9.17, 15) is 18.0 Å². The third-order valence-corrected chi connectivity index (χ3v) is 8.06. The summed E-state index contributed by atoms with van der Waals surface area (Å²) < 4.78 is 31.0. The molecule has 0 aromatic carbocycles. The van der Waals surface area contributed by atoms with Crippen LogP contribution in [-0.4, -0.2) is 86.4 Å². The van der Waals surface area contributed by atoms with Crippen LogP contribution in [0.3, 0.4) is 0 Å². The van der Waals surface area contributed by atoms with Crippen LogP contribution < -0.4 is 9.80 Å². The maximum atomic E-state index is 12.9. The van der Waals surface area contributed by atoms with Gasteiger partial charge in [0, 0.05) is 27.2 Å². The Labute approximate surface area is 175 Å². The lowest BCUT2D eigenvalue weighted by molar-refractivity contribution is 0.0160.